The predicted octanol–water partition coefficient (Wildman–Crippen LogP) is 1.39. The first kappa shape index (κ1) is 14.1. The molecular formula is C14H18N4O2. The minimum atomic E-state index is 0.367. The number of hydrogen-bond donors (Lipinski definition) is 2. The summed E-state index contributed by atoms with van der Waals surface area (Å²) in [5, 5.41) is 2.94. The lowest BCUT2D eigenvalue weighted by atomic mass is 10.2. The molecule has 0 saturated carbocycles. The number of benzene rings is 1. The third-order valence-corrected chi connectivity index (χ3v) is 2.60. The van der Waals surface area contributed by atoms with Crippen molar-refractivity contribution in [1.29, 1.82) is 0 Å². The Balaban J connectivity index is 1.91. The van der Waals surface area contributed by atoms with E-state index in [0.29, 0.717) is 31.5 Å². The molecule has 2 aromatic rings. The lowest BCUT2D eigenvalue weighted by Gasteiger charge is -2.03. The van der Waals surface area contributed by atoms with E-state index in [9.17, 15) is 0 Å². The molecule has 6 nitrogen and oxygen atoms in total. The summed E-state index contributed by atoms with van der Waals surface area (Å²) in [6.45, 7) is 1.58. The first-order chi connectivity index (χ1) is 9.79. The van der Waals surface area contributed by atoms with E-state index in [2.05, 4.69) is 15.3 Å². The van der Waals surface area contributed by atoms with Crippen molar-refractivity contribution in [2.75, 3.05) is 20.3 Å². The van der Waals surface area contributed by atoms with Crippen LogP contribution in [-0.2, 0) is 11.3 Å². The second-order valence-corrected chi connectivity index (χ2v) is 4.13. The SMILES string of the molecule is COCCNC(N)=NCc1coc(-c2ccccc2)n1. The number of oxazole rings is 1. The van der Waals surface area contributed by atoms with E-state index in [1.807, 2.05) is 30.3 Å². The van der Waals surface area contributed by atoms with Crippen LogP contribution in [0.25, 0.3) is 11.5 Å². The fourth-order valence-corrected chi connectivity index (χ4v) is 1.60. The third kappa shape index (κ3) is 4.10. The van der Waals surface area contributed by atoms with Crippen LogP contribution >= 0.6 is 0 Å². The van der Waals surface area contributed by atoms with E-state index in [4.69, 9.17) is 14.9 Å². The summed E-state index contributed by atoms with van der Waals surface area (Å²) in [5.41, 5.74) is 7.38. The minimum absolute atomic E-state index is 0.367. The molecule has 106 valence electrons. The van der Waals surface area contributed by atoms with Crippen LogP contribution in [0.15, 0.2) is 46.0 Å². The van der Waals surface area contributed by atoms with Crippen LogP contribution in [0.3, 0.4) is 0 Å². The summed E-state index contributed by atoms with van der Waals surface area (Å²) in [6.07, 6.45) is 1.59. The highest BCUT2D eigenvalue weighted by Crippen LogP contribution is 2.18. The van der Waals surface area contributed by atoms with Gasteiger partial charge in [-0.1, -0.05) is 18.2 Å². The summed E-state index contributed by atoms with van der Waals surface area (Å²) in [4.78, 5) is 8.55. The van der Waals surface area contributed by atoms with Gasteiger partial charge >= 0.3 is 0 Å². The Hall–Kier alpha value is -2.34. The van der Waals surface area contributed by atoms with Crippen LogP contribution in [-0.4, -0.2) is 31.2 Å². The van der Waals surface area contributed by atoms with Crippen molar-refractivity contribution in [3.8, 4) is 11.5 Å². The molecule has 1 aromatic heterocycles. The maximum Gasteiger partial charge on any atom is 0.226 e. The van der Waals surface area contributed by atoms with Crippen LogP contribution in [0.4, 0.5) is 0 Å². The van der Waals surface area contributed by atoms with Crippen molar-refractivity contribution in [2.24, 2.45) is 10.7 Å². The average Bonchev–Trinajstić information content (AvgIpc) is 2.95. The Bertz CT molecular complexity index is 551. The number of aliphatic imine (C=N–C) groups is 1. The number of hydrogen-bond acceptors (Lipinski definition) is 4. The molecule has 0 spiro atoms. The van der Waals surface area contributed by atoms with Gasteiger partial charge < -0.3 is 20.2 Å². The van der Waals surface area contributed by atoms with Crippen molar-refractivity contribution in [3.05, 3.63) is 42.3 Å². The minimum Gasteiger partial charge on any atom is -0.444 e. The first-order valence-corrected chi connectivity index (χ1v) is 6.32. The molecule has 3 N–H and O–H groups in total. The van der Waals surface area contributed by atoms with E-state index >= 15 is 0 Å². The molecule has 0 unspecified atom stereocenters. The van der Waals surface area contributed by atoms with Crippen molar-refractivity contribution in [2.45, 2.75) is 6.54 Å². The van der Waals surface area contributed by atoms with Gasteiger partial charge in [-0.05, 0) is 12.1 Å². The number of nitrogens with two attached hydrogens (primary N) is 1. The topological polar surface area (TPSA) is 85.7 Å². The van der Waals surface area contributed by atoms with E-state index < -0.39 is 0 Å². The highest BCUT2D eigenvalue weighted by molar-refractivity contribution is 5.77. The molecule has 0 aliphatic carbocycles. The maximum absolute atomic E-state index is 5.71. The highest BCUT2D eigenvalue weighted by atomic mass is 16.5. The van der Waals surface area contributed by atoms with Gasteiger partial charge in [0.1, 0.15) is 12.0 Å². The average molecular weight is 274 g/mol. The summed E-state index contributed by atoms with van der Waals surface area (Å²) in [6, 6.07) is 9.72. The summed E-state index contributed by atoms with van der Waals surface area (Å²) >= 11 is 0. The molecule has 0 amide bonds. The van der Waals surface area contributed by atoms with Gasteiger partial charge in [0.2, 0.25) is 5.89 Å². The molecule has 0 atom stereocenters. The lowest BCUT2D eigenvalue weighted by Crippen LogP contribution is -2.34. The van der Waals surface area contributed by atoms with Crippen molar-refractivity contribution in [3.63, 3.8) is 0 Å². The molecule has 0 fully saturated rings. The number of ether oxygens (including phenoxy) is 1. The normalized spacial score (nSPS) is 11.6. The van der Waals surface area contributed by atoms with Gasteiger partial charge in [0.25, 0.3) is 0 Å². The summed E-state index contributed by atoms with van der Waals surface area (Å²) in [5.74, 6) is 0.952. The molecule has 1 aromatic carbocycles. The maximum atomic E-state index is 5.71. The fraction of sp³-hybridized carbons (Fsp3) is 0.286. The van der Waals surface area contributed by atoms with Gasteiger partial charge in [-0.15, -0.1) is 0 Å². The van der Waals surface area contributed by atoms with Gasteiger partial charge in [0.05, 0.1) is 13.2 Å². The number of nitrogens with zero attached hydrogens (tertiary/aromatic N) is 2. The molecule has 0 saturated heterocycles. The van der Waals surface area contributed by atoms with E-state index in [1.165, 1.54) is 0 Å². The molecule has 0 aliphatic rings. The van der Waals surface area contributed by atoms with Gasteiger partial charge in [-0.2, -0.15) is 0 Å². The van der Waals surface area contributed by atoms with Crippen molar-refractivity contribution < 1.29 is 9.15 Å². The van der Waals surface area contributed by atoms with Gasteiger partial charge in [0.15, 0.2) is 5.96 Å². The zero-order valence-corrected chi connectivity index (χ0v) is 11.4. The quantitative estimate of drug-likeness (QED) is 0.472. The number of rotatable bonds is 6. The molecule has 20 heavy (non-hydrogen) atoms. The van der Waals surface area contributed by atoms with Gasteiger partial charge in [-0.3, -0.25) is 0 Å². The van der Waals surface area contributed by atoms with Crippen LogP contribution in [0, 0.1) is 0 Å². The Morgan fingerprint density at radius 3 is 2.95 bits per heavy atom. The predicted molar refractivity (Wildman–Crippen MR) is 77.1 cm³/mol. The van der Waals surface area contributed by atoms with Gasteiger partial charge in [-0.25, -0.2) is 9.98 Å². The van der Waals surface area contributed by atoms with E-state index in [-0.39, 0.29) is 0 Å². The summed E-state index contributed by atoms with van der Waals surface area (Å²) in [7, 11) is 1.63. The molecule has 1 heterocycles. The lowest BCUT2D eigenvalue weighted by molar-refractivity contribution is 0.204. The summed E-state index contributed by atoms with van der Waals surface area (Å²) < 4.78 is 10.3. The zero-order valence-electron chi connectivity index (χ0n) is 11.4. The zero-order chi connectivity index (χ0) is 14.2. The molecule has 0 radical (unpaired) electrons. The Labute approximate surface area is 117 Å². The molecule has 0 aliphatic heterocycles. The monoisotopic (exact) mass is 274 g/mol. The molecule has 0 bridgehead atoms. The highest BCUT2D eigenvalue weighted by Gasteiger charge is 2.05. The Morgan fingerprint density at radius 1 is 1.40 bits per heavy atom. The Morgan fingerprint density at radius 2 is 2.20 bits per heavy atom. The largest absolute Gasteiger partial charge is 0.444 e. The molecule has 6 heteroatoms. The fourth-order valence-electron chi connectivity index (χ4n) is 1.60. The van der Waals surface area contributed by atoms with Crippen molar-refractivity contribution >= 4 is 5.96 Å². The van der Waals surface area contributed by atoms with E-state index in [0.717, 1.165) is 11.3 Å². The van der Waals surface area contributed by atoms with Crippen LogP contribution in [0.1, 0.15) is 5.69 Å². The van der Waals surface area contributed by atoms with Gasteiger partial charge in [0, 0.05) is 19.2 Å². The number of guanidine groups is 1. The van der Waals surface area contributed by atoms with E-state index in [1.54, 1.807) is 13.4 Å². The second kappa shape index (κ2) is 7.30. The van der Waals surface area contributed by atoms with Crippen LogP contribution in [0.2, 0.25) is 0 Å². The standard InChI is InChI=1S/C14H18N4O2/c1-19-8-7-16-14(15)17-9-12-10-20-13(18-12)11-5-3-2-4-6-11/h2-6,10H,7-9H2,1H3,(H3,15,16,17). The molecular weight excluding hydrogens is 256 g/mol. The Kier molecular flexibility index (Phi) is 5.14. The van der Waals surface area contributed by atoms with Crippen LogP contribution in [0.5, 0.6) is 0 Å². The second-order valence-electron chi connectivity index (χ2n) is 4.13. The van der Waals surface area contributed by atoms with Crippen molar-refractivity contribution in [1.82, 2.24) is 10.3 Å². The smallest absolute Gasteiger partial charge is 0.226 e. The third-order valence-electron chi connectivity index (χ3n) is 2.60. The van der Waals surface area contributed by atoms with Crippen LogP contribution < -0.4 is 11.1 Å². The first-order valence-electron chi connectivity index (χ1n) is 6.32. The number of nitrogens with one attached hydrogen (secondary N) is 1. The number of methoxy groups -OCH3 is 1. The number of aromatic nitrogens is 1. The molecule has 2 rings (SSSR count).